The van der Waals surface area contributed by atoms with Gasteiger partial charge in [0.05, 0.1) is 31.3 Å². The van der Waals surface area contributed by atoms with Crippen molar-refractivity contribution in [3.63, 3.8) is 0 Å². The first-order chi connectivity index (χ1) is 37.1. The molecule has 3 aliphatic rings. The fraction of sp³-hybridized carbons (Fsp3) is 0.492. The van der Waals surface area contributed by atoms with Crippen molar-refractivity contribution in [1.82, 2.24) is 20.4 Å². The van der Waals surface area contributed by atoms with Crippen LogP contribution in [0.2, 0.25) is 0 Å². The molecule has 3 aliphatic heterocycles. The minimum atomic E-state index is -0.932. The normalized spacial score (nSPS) is 16.8. The molecule has 4 atom stereocenters. The number of esters is 1. The van der Waals surface area contributed by atoms with Crippen molar-refractivity contribution in [2.24, 2.45) is 0 Å². The number of anilines is 1. The average molecular weight is 1060 g/mol. The number of aryl methyl sites for hydroxylation is 4. The van der Waals surface area contributed by atoms with E-state index >= 15 is 0 Å². The van der Waals surface area contributed by atoms with Crippen molar-refractivity contribution in [2.75, 3.05) is 45.8 Å². The molecule has 16 heteroatoms. The van der Waals surface area contributed by atoms with Gasteiger partial charge in [0.25, 0.3) is 17.7 Å². The number of carbonyl (C=O) groups is 7. The van der Waals surface area contributed by atoms with Crippen LogP contribution in [0.5, 0.6) is 17.2 Å². The van der Waals surface area contributed by atoms with E-state index in [0.717, 1.165) is 78.5 Å². The molecule has 2 unspecified atom stereocenters. The highest BCUT2D eigenvalue weighted by atomic mass is 16.5. The molecule has 414 valence electrons. The van der Waals surface area contributed by atoms with E-state index in [1.165, 1.54) is 11.1 Å². The first kappa shape index (κ1) is 59.0. The number of hydrogen-bond acceptors (Lipinski definition) is 12. The van der Waals surface area contributed by atoms with Crippen LogP contribution in [0.3, 0.4) is 0 Å². The topological polar surface area (TPSA) is 199 Å². The number of nitrogens with one attached hydrogen (secondary N) is 3. The summed E-state index contributed by atoms with van der Waals surface area (Å²) in [5.41, 5.74) is 7.30. The van der Waals surface area contributed by atoms with Crippen LogP contribution in [-0.2, 0) is 35.1 Å². The summed E-state index contributed by atoms with van der Waals surface area (Å²) in [6.45, 7) is 14.1. The van der Waals surface area contributed by atoms with Gasteiger partial charge in [0, 0.05) is 31.7 Å². The third kappa shape index (κ3) is 15.3. The second-order valence-corrected chi connectivity index (χ2v) is 20.2. The molecule has 3 heterocycles. The third-order valence-electron chi connectivity index (χ3n) is 14.6. The van der Waals surface area contributed by atoms with E-state index in [1.54, 1.807) is 43.4 Å². The van der Waals surface area contributed by atoms with Gasteiger partial charge in [-0.25, -0.2) is 4.79 Å². The number of rotatable bonds is 24. The molecular formula is C61H79N5O11. The number of likely N-dealkylation sites (tertiary alicyclic amines) is 1. The SMILES string of the molecule is CCCCCNC(=O)COc1cccc(C(CCc2ccc(C)c(C)c2)OC(=O)[C@@H]2CCCCN2C(=O)[C@@H](CC)c2cc(C)c(OC)c(OC)c2)c1.CCCCCNc1cccc2c1C(=O)N(C1CCC(=O)NC1=O)C2=O. The van der Waals surface area contributed by atoms with Crippen LogP contribution in [-0.4, -0.2) is 104 Å². The maximum Gasteiger partial charge on any atom is 0.329 e. The molecule has 6 amide bonds. The van der Waals surface area contributed by atoms with Gasteiger partial charge in [0.1, 0.15) is 23.9 Å². The quantitative estimate of drug-likeness (QED) is 0.0342. The summed E-state index contributed by atoms with van der Waals surface area (Å²) < 4.78 is 23.4. The van der Waals surface area contributed by atoms with E-state index in [1.807, 2.05) is 44.2 Å². The van der Waals surface area contributed by atoms with Crippen LogP contribution in [0.4, 0.5) is 5.69 Å². The van der Waals surface area contributed by atoms with E-state index in [2.05, 4.69) is 61.8 Å². The fourth-order valence-corrected chi connectivity index (χ4v) is 10.2. The standard InChI is InChI=1S/C43H58N2O7.C18H21N3O4/c1-8-10-12-22-44-40(46)28-51-35-16-14-15-33(26-35)38(21-20-32-19-18-29(3)30(4)24-32)52-43(48)37-17-11-13-23-45(37)42(47)36(9-2)34-25-31(5)41(50-7)39(27-34)49-6;1-2-3-4-10-19-12-7-5-6-11-15(12)18(25)21(17(11)24)13-8-9-14(22)20-16(13)23/h14-16,18-19,24-27,36-38H,8-13,17,20-23,28H2,1-7H3,(H,44,46);5-7,13,19H,2-4,8-10H2,1H3,(H,20,22,23)/t36-,37-,38?;/m0./s1. The van der Waals surface area contributed by atoms with Gasteiger partial charge < -0.3 is 34.5 Å². The second-order valence-electron chi connectivity index (χ2n) is 20.2. The van der Waals surface area contributed by atoms with Gasteiger partial charge in [0.2, 0.25) is 17.7 Å². The summed E-state index contributed by atoms with van der Waals surface area (Å²) >= 11 is 0. The minimum Gasteiger partial charge on any atom is -0.493 e. The highest BCUT2D eigenvalue weighted by Crippen LogP contribution is 2.38. The van der Waals surface area contributed by atoms with Gasteiger partial charge in [-0.3, -0.25) is 39.0 Å². The van der Waals surface area contributed by atoms with Crippen molar-refractivity contribution in [3.05, 3.63) is 117 Å². The predicted molar refractivity (Wildman–Crippen MR) is 295 cm³/mol. The molecule has 0 aliphatic carbocycles. The van der Waals surface area contributed by atoms with Gasteiger partial charge in [-0.15, -0.1) is 0 Å². The number of imide groups is 2. The number of carbonyl (C=O) groups excluding carboxylic acids is 7. The number of nitrogens with zero attached hydrogens (tertiary/aromatic N) is 2. The van der Waals surface area contributed by atoms with Gasteiger partial charge >= 0.3 is 5.97 Å². The molecule has 3 N–H and O–H groups in total. The molecule has 4 aromatic rings. The lowest BCUT2D eigenvalue weighted by molar-refractivity contribution is -0.162. The highest BCUT2D eigenvalue weighted by Gasteiger charge is 2.46. The number of ether oxygens (including phenoxy) is 4. The van der Waals surface area contributed by atoms with E-state index in [-0.39, 0.29) is 37.2 Å². The number of hydrogen-bond donors (Lipinski definition) is 3. The number of benzene rings is 4. The number of unbranched alkanes of at least 4 members (excludes halogenated alkanes) is 4. The molecule has 0 spiro atoms. The molecular weight excluding hydrogens is 979 g/mol. The molecule has 2 saturated heterocycles. The van der Waals surface area contributed by atoms with Crippen LogP contribution in [0.15, 0.2) is 72.8 Å². The van der Waals surface area contributed by atoms with E-state index < -0.39 is 47.8 Å². The smallest absolute Gasteiger partial charge is 0.329 e. The lowest BCUT2D eigenvalue weighted by Gasteiger charge is -2.37. The van der Waals surface area contributed by atoms with Crippen molar-refractivity contribution >= 4 is 47.1 Å². The van der Waals surface area contributed by atoms with Gasteiger partial charge in [0.15, 0.2) is 18.1 Å². The highest BCUT2D eigenvalue weighted by molar-refractivity contribution is 6.25. The zero-order chi connectivity index (χ0) is 55.6. The van der Waals surface area contributed by atoms with Crippen LogP contribution >= 0.6 is 0 Å². The second kappa shape index (κ2) is 28.8. The monoisotopic (exact) mass is 1060 g/mol. The molecule has 0 saturated carbocycles. The Hall–Kier alpha value is -7.23. The van der Waals surface area contributed by atoms with Gasteiger partial charge in [-0.05, 0) is 142 Å². The van der Waals surface area contributed by atoms with E-state index in [4.69, 9.17) is 18.9 Å². The molecule has 0 aromatic heterocycles. The van der Waals surface area contributed by atoms with Crippen molar-refractivity contribution in [3.8, 4) is 17.2 Å². The lowest BCUT2D eigenvalue weighted by atomic mass is 9.91. The third-order valence-corrected chi connectivity index (χ3v) is 14.6. The Bertz CT molecular complexity index is 2740. The largest absolute Gasteiger partial charge is 0.493 e. The zero-order valence-corrected chi connectivity index (χ0v) is 46.4. The van der Waals surface area contributed by atoms with Crippen LogP contribution < -0.4 is 30.2 Å². The molecule has 7 rings (SSSR count). The van der Waals surface area contributed by atoms with Crippen LogP contribution in [0.25, 0.3) is 0 Å². The number of methoxy groups -OCH3 is 2. The summed E-state index contributed by atoms with van der Waals surface area (Å²) in [4.78, 5) is 92.5. The van der Waals surface area contributed by atoms with Gasteiger partial charge in [-0.2, -0.15) is 0 Å². The number of fused-ring (bicyclic) bond motifs is 1. The summed E-state index contributed by atoms with van der Waals surface area (Å²) in [7, 11) is 3.19. The Kier molecular flexibility index (Phi) is 22.1. The van der Waals surface area contributed by atoms with Crippen molar-refractivity contribution in [2.45, 2.75) is 156 Å². The molecule has 2 fully saturated rings. The molecule has 77 heavy (non-hydrogen) atoms. The summed E-state index contributed by atoms with van der Waals surface area (Å²) in [6.07, 6.45) is 9.89. The molecule has 0 bridgehead atoms. The van der Waals surface area contributed by atoms with Crippen LogP contribution in [0, 0.1) is 20.8 Å². The van der Waals surface area contributed by atoms with Crippen molar-refractivity contribution < 1.29 is 52.5 Å². The maximum atomic E-state index is 14.3. The lowest BCUT2D eigenvalue weighted by Crippen LogP contribution is -2.54. The minimum absolute atomic E-state index is 0.0918. The first-order valence-corrected chi connectivity index (χ1v) is 27.5. The Morgan fingerprint density at radius 2 is 1.52 bits per heavy atom. The number of amides is 6. The Morgan fingerprint density at radius 1 is 0.766 bits per heavy atom. The van der Waals surface area contributed by atoms with E-state index in [9.17, 15) is 33.6 Å². The van der Waals surface area contributed by atoms with Crippen molar-refractivity contribution in [1.29, 1.82) is 0 Å². The Labute approximate surface area is 454 Å². The molecule has 16 nitrogen and oxygen atoms in total. The summed E-state index contributed by atoms with van der Waals surface area (Å²) in [5.74, 6) is -1.32. The van der Waals surface area contributed by atoms with E-state index in [0.29, 0.717) is 79.4 Å². The summed E-state index contributed by atoms with van der Waals surface area (Å²) in [5, 5.41) is 8.32. The van der Waals surface area contributed by atoms with Crippen LogP contribution in [0.1, 0.15) is 170 Å². The van der Waals surface area contributed by atoms with Gasteiger partial charge in [-0.1, -0.05) is 88.9 Å². The predicted octanol–water partition coefficient (Wildman–Crippen LogP) is 9.80. The molecule has 4 aromatic carbocycles. The Balaban J connectivity index is 0.000000319. The fourth-order valence-electron chi connectivity index (χ4n) is 10.2. The number of piperidine rings is 2. The molecule has 0 radical (unpaired) electrons. The Morgan fingerprint density at radius 3 is 2.22 bits per heavy atom. The maximum absolute atomic E-state index is 14.3. The first-order valence-electron chi connectivity index (χ1n) is 27.5. The average Bonchev–Trinajstić information content (AvgIpc) is 3.69. The summed E-state index contributed by atoms with van der Waals surface area (Å²) in [6, 6.07) is 21.1. The zero-order valence-electron chi connectivity index (χ0n) is 46.4.